The molecule has 0 heterocycles. The van der Waals surface area contributed by atoms with E-state index in [9.17, 15) is 0 Å². The molecule has 1 atom stereocenters. The van der Waals surface area contributed by atoms with Crippen LogP contribution in [0, 0.1) is 5.92 Å². The number of methoxy groups -OCH3 is 1. The molecule has 84 valence electrons. The van der Waals surface area contributed by atoms with E-state index in [4.69, 9.17) is 16.3 Å². The van der Waals surface area contributed by atoms with Crippen molar-refractivity contribution in [1.29, 1.82) is 0 Å². The Kier molecular flexibility index (Phi) is 4.92. The van der Waals surface area contributed by atoms with E-state index in [-0.39, 0.29) is 0 Å². The zero-order chi connectivity index (χ0) is 11.3. The van der Waals surface area contributed by atoms with Crippen LogP contribution in [-0.2, 0) is 4.74 Å². The van der Waals surface area contributed by atoms with Crippen LogP contribution in [0.25, 0.3) is 0 Å². The molecule has 0 aliphatic heterocycles. The lowest BCUT2D eigenvalue weighted by Gasteiger charge is -2.22. The lowest BCUT2D eigenvalue weighted by molar-refractivity contribution is 0.171. The van der Waals surface area contributed by atoms with Crippen molar-refractivity contribution in [3.8, 4) is 0 Å². The van der Waals surface area contributed by atoms with Crippen molar-refractivity contribution in [2.75, 3.05) is 19.0 Å². The Morgan fingerprint density at radius 1 is 1.40 bits per heavy atom. The number of ether oxygens (including phenoxy) is 1. The van der Waals surface area contributed by atoms with E-state index in [2.05, 4.69) is 19.2 Å². The molecule has 0 aliphatic rings. The second kappa shape index (κ2) is 5.99. The highest BCUT2D eigenvalue weighted by Crippen LogP contribution is 2.17. The molecule has 0 saturated carbocycles. The third-order valence-corrected chi connectivity index (χ3v) is 2.56. The molecule has 0 radical (unpaired) electrons. The minimum Gasteiger partial charge on any atom is -0.383 e. The summed E-state index contributed by atoms with van der Waals surface area (Å²) in [6, 6.07) is 8.06. The summed E-state index contributed by atoms with van der Waals surface area (Å²) in [6.07, 6.45) is 0. The summed E-state index contributed by atoms with van der Waals surface area (Å²) in [4.78, 5) is 0. The molecule has 1 rings (SSSR count). The van der Waals surface area contributed by atoms with Crippen LogP contribution in [0.1, 0.15) is 13.8 Å². The normalized spacial score (nSPS) is 12.9. The quantitative estimate of drug-likeness (QED) is 0.832. The molecule has 1 aromatic carbocycles. The molecule has 1 unspecified atom stereocenters. The molecular weight excluding hydrogens is 210 g/mol. The maximum atomic E-state index is 5.91. The predicted molar refractivity (Wildman–Crippen MR) is 65.6 cm³/mol. The van der Waals surface area contributed by atoms with Crippen LogP contribution >= 0.6 is 11.6 Å². The zero-order valence-electron chi connectivity index (χ0n) is 9.46. The monoisotopic (exact) mass is 227 g/mol. The maximum absolute atomic E-state index is 5.91. The van der Waals surface area contributed by atoms with Gasteiger partial charge >= 0.3 is 0 Å². The van der Waals surface area contributed by atoms with Crippen molar-refractivity contribution in [2.24, 2.45) is 5.92 Å². The van der Waals surface area contributed by atoms with Crippen molar-refractivity contribution in [2.45, 2.75) is 19.9 Å². The van der Waals surface area contributed by atoms with Gasteiger partial charge < -0.3 is 10.1 Å². The summed E-state index contributed by atoms with van der Waals surface area (Å²) in [6.45, 7) is 5.03. The van der Waals surface area contributed by atoms with Gasteiger partial charge in [0.05, 0.1) is 12.6 Å². The van der Waals surface area contributed by atoms with Gasteiger partial charge in [-0.1, -0.05) is 31.5 Å². The highest BCUT2D eigenvalue weighted by atomic mass is 35.5. The van der Waals surface area contributed by atoms with Crippen LogP contribution in [-0.4, -0.2) is 19.8 Å². The molecule has 0 spiro atoms. The van der Waals surface area contributed by atoms with Crippen LogP contribution in [0.4, 0.5) is 5.69 Å². The number of nitrogens with one attached hydrogen (secondary N) is 1. The molecule has 0 amide bonds. The molecule has 0 saturated heterocycles. The van der Waals surface area contributed by atoms with Crippen molar-refractivity contribution in [3.63, 3.8) is 0 Å². The lowest BCUT2D eigenvalue weighted by Crippen LogP contribution is -2.30. The summed E-state index contributed by atoms with van der Waals surface area (Å²) >= 11 is 5.91. The largest absolute Gasteiger partial charge is 0.383 e. The second-order valence-corrected chi connectivity index (χ2v) is 4.40. The lowest BCUT2D eigenvalue weighted by atomic mass is 10.1. The molecule has 3 heteroatoms. The van der Waals surface area contributed by atoms with Crippen LogP contribution < -0.4 is 5.32 Å². The fraction of sp³-hybridized carbons (Fsp3) is 0.500. The minimum atomic E-state index is 0.313. The van der Waals surface area contributed by atoms with E-state index in [1.807, 2.05) is 24.3 Å². The predicted octanol–water partition coefficient (Wildman–Crippen LogP) is 3.42. The molecule has 15 heavy (non-hydrogen) atoms. The van der Waals surface area contributed by atoms with Crippen LogP contribution in [0.3, 0.4) is 0 Å². The van der Waals surface area contributed by atoms with Gasteiger partial charge in [-0.15, -0.1) is 0 Å². The highest BCUT2D eigenvalue weighted by Gasteiger charge is 2.12. The van der Waals surface area contributed by atoms with Gasteiger partial charge in [-0.3, -0.25) is 0 Å². The van der Waals surface area contributed by atoms with E-state index in [0.717, 1.165) is 10.7 Å². The van der Waals surface area contributed by atoms with Crippen LogP contribution in [0.5, 0.6) is 0 Å². The molecule has 1 aromatic rings. The molecule has 0 aromatic heterocycles. The average molecular weight is 228 g/mol. The van der Waals surface area contributed by atoms with E-state index in [1.54, 1.807) is 7.11 Å². The van der Waals surface area contributed by atoms with Crippen LogP contribution in [0.15, 0.2) is 24.3 Å². The van der Waals surface area contributed by atoms with Gasteiger partial charge in [0, 0.05) is 17.8 Å². The Hall–Kier alpha value is -0.730. The van der Waals surface area contributed by atoms with Crippen molar-refractivity contribution >= 4 is 17.3 Å². The average Bonchev–Trinajstić information content (AvgIpc) is 2.17. The van der Waals surface area contributed by atoms with E-state index < -0.39 is 0 Å². The zero-order valence-corrected chi connectivity index (χ0v) is 10.2. The number of hydrogen-bond donors (Lipinski definition) is 1. The molecule has 0 fully saturated rings. The summed E-state index contributed by atoms with van der Waals surface area (Å²) in [7, 11) is 1.72. The number of halogens is 1. The summed E-state index contributed by atoms with van der Waals surface area (Å²) in [5, 5.41) is 4.16. The molecule has 2 nitrogen and oxygen atoms in total. The molecule has 1 N–H and O–H groups in total. The smallest absolute Gasteiger partial charge is 0.0666 e. The van der Waals surface area contributed by atoms with E-state index >= 15 is 0 Å². The Labute approximate surface area is 96.6 Å². The van der Waals surface area contributed by atoms with Crippen molar-refractivity contribution < 1.29 is 4.74 Å². The first-order valence-corrected chi connectivity index (χ1v) is 5.52. The standard InChI is InChI=1S/C12H18ClNO/c1-9(2)12(8-15-3)14-11-6-4-5-10(13)7-11/h4-7,9,12,14H,8H2,1-3H3. The first-order chi connectivity index (χ1) is 7.13. The highest BCUT2D eigenvalue weighted by molar-refractivity contribution is 6.30. The van der Waals surface area contributed by atoms with Crippen molar-refractivity contribution in [3.05, 3.63) is 29.3 Å². The van der Waals surface area contributed by atoms with Gasteiger partial charge in [-0.2, -0.15) is 0 Å². The molecule has 0 bridgehead atoms. The SMILES string of the molecule is COCC(Nc1cccc(Cl)c1)C(C)C. The van der Waals surface area contributed by atoms with Gasteiger partial charge in [0.2, 0.25) is 0 Å². The third-order valence-electron chi connectivity index (χ3n) is 2.33. The number of anilines is 1. The number of rotatable bonds is 5. The van der Waals surface area contributed by atoms with Crippen molar-refractivity contribution in [1.82, 2.24) is 0 Å². The van der Waals surface area contributed by atoms with Gasteiger partial charge in [0.25, 0.3) is 0 Å². The summed E-state index contributed by atoms with van der Waals surface area (Å²) in [5.74, 6) is 0.518. The first-order valence-electron chi connectivity index (χ1n) is 5.14. The summed E-state index contributed by atoms with van der Waals surface area (Å²) < 4.78 is 5.17. The maximum Gasteiger partial charge on any atom is 0.0666 e. The Bertz CT molecular complexity index is 301. The third kappa shape index (κ3) is 4.10. The van der Waals surface area contributed by atoms with Gasteiger partial charge in [-0.25, -0.2) is 0 Å². The summed E-state index contributed by atoms with van der Waals surface area (Å²) in [5.41, 5.74) is 1.04. The molecule has 0 aliphatic carbocycles. The Morgan fingerprint density at radius 3 is 2.67 bits per heavy atom. The topological polar surface area (TPSA) is 21.3 Å². The van der Waals surface area contributed by atoms with Gasteiger partial charge in [-0.05, 0) is 24.1 Å². The number of benzene rings is 1. The Morgan fingerprint density at radius 2 is 2.13 bits per heavy atom. The first kappa shape index (κ1) is 12.3. The fourth-order valence-corrected chi connectivity index (χ4v) is 1.56. The second-order valence-electron chi connectivity index (χ2n) is 3.96. The van der Waals surface area contributed by atoms with Crippen LogP contribution in [0.2, 0.25) is 5.02 Å². The number of hydrogen-bond acceptors (Lipinski definition) is 2. The van der Waals surface area contributed by atoms with E-state index in [0.29, 0.717) is 18.6 Å². The van der Waals surface area contributed by atoms with Gasteiger partial charge in [0.15, 0.2) is 0 Å². The fourth-order valence-electron chi connectivity index (χ4n) is 1.37. The Balaban J connectivity index is 2.65. The van der Waals surface area contributed by atoms with E-state index in [1.165, 1.54) is 0 Å². The minimum absolute atomic E-state index is 0.313. The molecular formula is C12H18ClNO. The van der Waals surface area contributed by atoms with Gasteiger partial charge in [0.1, 0.15) is 0 Å².